The summed E-state index contributed by atoms with van der Waals surface area (Å²) in [6.45, 7) is 1.26. The Morgan fingerprint density at radius 2 is 1.67 bits per heavy atom. The molecule has 1 unspecified atom stereocenters. The van der Waals surface area contributed by atoms with Gasteiger partial charge in [0.05, 0.1) is 38.6 Å². The Morgan fingerprint density at radius 1 is 1.06 bits per heavy atom. The van der Waals surface area contributed by atoms with E-state index in [0.717, 1.165) is 22.2 Å². The first kappa shape index (κ1) is 25.7. The molecule has 1 atom stereocenters. The third-order valence-electron chi connectivity index (χ3n) is 4.88. The summed E-state index contributed by atoms with van der Waals surface area (Å²) in [5.41, 5.74) is 0.294. The predicted octanol–water partition coefficient (Wildman–Crippen LogP) is 2.65. The number of non-ortho nitro benzene ring substituents is 1. The largest absolute Gasteiger partial charge is 0.495 e. The summed E-state index contributed by atoms with van der Waals surface area (Å²) in [7, 11) is 0.330. The van der Waals surface area contributed by atoms with Crippen molar-refractivity contribution in [1.29, 1.82) is 0 Å². The molecule has 12 heteroatoms. The Balaban J connectivity index is 2.35. The van der Waals surface area contributed by atoms with Gasteiger partial charge in [-0.15, -0.1) is 0 Å². The van der Waals surface area contributed by atoms with Crippen LogP contribution in [0.3, 0.4) is 0 Å². The van der Waals surface area contributed by atoms with Crippen molar-refractivity contribution < 1.29 is 32.3 Å². The van der Waals surface area contributed by atoms with Crippen LogP contribution in [-0.4, -0.2) is 53.4 Å². The van der Waals surface area contributed by atoms with E-state index >= 15 is 0 Å². The lowest BCUT2D eigenvalue weighted by atomic mass is 10.0. The molecule has 1 N–H and O–H groups in total. The third kappa shape index (κ3) is 6.25. The number of amides is 1. The van der Waals surface area contributed by atoms with Crippen LogP contribution in [0.5, 0.6) is 17.2 Å². The zero-order chi connectivity index (χ0) is 24.8. The standard InChI is InChI=1S/C21H27N3O8S/c1-6-16(14-7-9-19(31-3)20(11-14)32-4)22-21(25)13-23(33(5,28)29)17-12-15(24(26)27)8-10-18(17)30-2/h7-12,16H,6,13H2,1-5H3,(H,22,25). The average molecular weight is 482 g/mol. The lowest BCUT2D eigenvalue weighted by Gasteiger charge is -2.25. The van der Waals surface area contributed by atoms with Crippen LogP contribution in [0.15, 0.2) is 36.4 Å². The van der Waals surface area contributed by atoms with Crippen molar-refractivity contribution in [2.45, 2.75) is 19.4 Å². The first-order valence-electron chi connectivity index (χ1n) is 9.87. The lowest BCUT2D eigenvalue weighted by Crippen LogP contribution is -2.41. The van der Waals surface area contributed by atoms with Crippen molar-refractivity contribution in [3.05, 3.63) is 52.1 Å². The van der Waals surface area contributed by atoms with Gasteiger partial charge in [0.1, 0.15) is 18.0 Å². The van der Waals surface area contributed by atoms with Crippen LogP contribution in [0.25, 0.3) is 0 Å². The van der Waals surface area contributed by atoms with Gasteiger partial charge in [-0.05, 0) is 30.2 Å². The van der Waals surface area contributed by atoms with Gasteiger partial charge in [0.15, 0.2) is 11.5 Å². The number of carbonyl (C=O) groups excluding carboxylic acids is 1. The summed E-state index contributed by atoms with van der Waals surface area (Å²) in [4.78, 5) is 23.4. The molecular formula is C21H27N3O8S. The molecule has 0 saturated carbocycles. The number of anilines is 1. The predicted molar refractivity (Wildman–Crippen MR) is 123 cm³/mol. The number of methoxy groups -OCH3 is 3. The van der Waals surface area contributed by atoms with Gasteiger partial charge in [-0.2, -0.15) is 0 Å². The molecular weight excluding hydrogens is 454 g/mol. The zero-order valence-corrected chi connectivity index (χ0v) is 19.8. The minimum Gasteiger partial charge on any atom is -0.495 e. The van der Waals surface area contributed by atoms with E-state index in [0.29, 0.717) is 17.9 Å². The number of nitrogens with zero attached hydrogens (tertiary/aromatic N) is 2. The van der Waals surface area contributed by atoms with Gasteiger partial charge in [-0.3, -0.25) is 19.2 Å². The second-order valence-electron chi connectivity index (χ2n) is 7.03. The van der Waals surface area contributed by atoms with E-state index in [2.05, 4.69) is 5.32 Å². The van der Waals surface area contributed by atoms with Gasteiger partial charge in [-0.25, -0.2) is 8.42 Å². The highest BCUT2D eigenvalue weighted by molar-refractivity contribution is 7.92. The van der Waals surface area contributed by atoms with Crippen LogP contribution in [0, 0.1) is 10.1 Å². The van der Waals surface area contributed by atoms with Crippen molar-refractivity contribution in [1.82, 2.24) is 5.32 Å². The number of carbonyl (C=O) groups is 1. The number of benzene rings is 2. The summed E-state index contributed by atoms with van der Waals surface area (Å²) in [6, 6.07) is 8.29. The Morgan fingerprint density at radius 3 is 2.18 bits per heavy atom. The SMILES string of the molecule is CCC(NC(=O)CN(c1cc([N+](=O)[O-])ccc1OC)S(C)(=O)=O)c1ccc(OC)c(OC)c1. The third-order valence-corrected chi connectivity index (χ3v) is 6.01. The highest BCUT2D eigenvalue weighted by Gasteiger charge is 2.27. The van der Waals surface area contributed by atoms with Crippen molar-refractivity contribution in [3.63, 3.8) is 0 Å². The molecule has 0 radical (unpaired) electrons. The summed E-state index contributed by atoms with van der Waals surface area (Å²) >= 11 is 0. The van der Waals surface area contributed by atoms with E-state index in [1.807, 2.05) is 6.92 Å². The number of rotatable bonds is 11. The Bertz CT molecular complexity index is 1120. The maximum absolute atomic E-state index is 12.9. The quantitative estimate of drug-likeness (QED) is 0.382. The maximum Gasteiger partial charge on any atom is 0.271 e. The topological polar surface area (TPSA) is 137 Å². The van der Waals surface area contributed by atoms with Gasteiger partial charge in [0.2, 0.25) is 15.9 Å². The second-order valence-corrected chi connectivity index (χ2v) is 8.93. The maximum atomic E-state index is 12.9. The summed E-state index contributed by atoms with van der Waals surface area (Å²) in [5.74, 6) is 0.492. The fraction of sp³-hybridized carbons (Fsp3) is 0.381. The van der Waals surface area contributed by atoms with E-state index in [-0.39, 0.29) is 17.1 Å². The highest BCUT2D eigenvalue weighted by Crippen LogP contribution is 2.34. The van der Waals surface area contributed by atoms with Gasteiger partial charge in [-0.1, -0.05) is 13.0 Å². The molecule has 0 aliphatic heterocycles. The van der Waals surface area contributed by atoms with Crippen LogP contribution in [-0.2, 0) is 14.8 Å². The number of hydrogen-bond donors (Lipinski definition) is 1. The van der Waals surface area contributed by atoms with Crippen LogP contribution in [0.1, 0.15) is 24.9 Å². The molecule has 180 valence electrons. The number of nitro groups is 1. The van der Waals surface area contributed by atoms with E-state index in [1.54, 1.807) is 18.2 Å². The number of hydrogen-bond acceptors (Lipinski definition) is 8. The molecule has 2 rings (SSSR count). The van der Waals surface area contributed by atoms with Crippen LogP contribution < -0.4 is 23.8 Å². The molecule has 11 nitrogen and oxygen atoms in total. The first-order valence-corrected chi connectivity index (χ1v) is 11.7. The average Bonchev–Trinajstić information content (AvgIpc) is 2.79. The fourth-order valence-electron chi connectivity index (χ4n) is 3.23. The summed E-state index contributed by atoms with van der Waals surface area (Å²) in [6.07, 6.45) is 1.42. The monoisotopic (exact) mass is 481 g/mol. The van der Waals surface area contributed by atoms with Crippen molar-refractivity contribution >= 4 is 27.3 Å². The number of nitrogens with one attached hydrogen (secondary N) is 1. The van der Waals surface area contributed by atoms with Crippen LogP contribution >= 0.6 is 0 Å². The summed E-state index contributed by atoms with van der Waals surface area (Å²) in [5, 5.41) is 14.0. The van der Waals surface area contributed by atoms with Gasteiger partial charge < -0.3 is 19.5 Å². The molecule has 0 fully saturated rings. The molecule has 0 bridgehead atoms. The van der Waals surface area contributed by atoms with Crippen LogP contribution in [0.4, 0.5) is 11.4 Å². The van der Waals surface area contributed by atoms with Crippen molar-refractivity contribution in [2.24, 2.45) is 0 Å². The number of sulfonamides is 1. The van der Waals surface area contributed by atoms with Crippen molar-refractivity contribution in [3.8, 4) is 17.2 Å². The Hall–Kier alpha value is -3.54. The normalized spacial score (nSPS) is 11.9. The van der Waals surface area contributed by atoms with Crippen LogP contribution in [0.2, 0.25) is 0 Å². The molecule has 2 aromatic carbocycles. The lowest BCUT2D eigenvalue weighted by molar-refractivity contribution is -0.384. The molecule has 33 heavy (non-hydrogen) atoms. The van der Waals surface area contributed by atoms with Gasteiger partial charge in [0, 0.05) is 12.1 Å². The first-order chi connectivity index (χ1) is 15.5. The smallest absolute Gasteiger partial charge is 0.271 e. The van der Waals surface area contributed by atoms with Gasteiger partial charge in [0.25, 0.3) is 5.69 Å². The van der Waals surface area contributed by atoms with E-state index in [1.165, 1.54) is 33.5 Å². The Labute approximate surface area is 192 Å². The summed E-state index contributed by atoms with van der Waals surface area (Å²) < 4.78 is 41.4. The van der Waals surface area contributed by atoms with E-state index < -0.39 is 33.4 Å². The zero-order valence-electron chi connectivity index (χ0n) is 19.0. The fourth-order valence-corrected chi connectivity index (χ4v) is 4.08. The van der Waals surface area contributed by atoms with Crippen molar-refractivity contribution in [2.75, 3.05) is 38.4 Å². The second kappa shape index (κ2) is 10.9. The molecule has 1 amide bonds. The molecule has 0 heterocycles. The molecule has 0 aliphatic rings. The van der Waals surface area contributed by atoms with Gasteiger partial charge >= 0.3 is 0 Å². The molecule has 0 aliphatic carbocycles. The highest BCUT2D eigenvalue weighted by atomic mass is 32.2. The number of nitro benzene ring substituents is 1. The van der Waals surface area contributed by atoms with E-state index in [9.17, 15) is 23.3 Å². The minimum atomic E-state index is -3.98. The number of ether oxygens (including phenoxy) is 3. The minimum absolute atomic E-state index is 0.0748. The molecule has 0 spiro atoms. The Kier molecular flexibility index (Phi) is 8.46. The molecule has 2 aromatic rings. The molecule has 0 saturated heterocycles. The van der Waals surface area contributed by atoms with E-state index in [4.69, 9.17) is 14.2 Å². The molecule has 0 aromatic heterocycles.